The number of nitro benzene ring substituents is 1. The number of nitro groups is 1. The lowest BCUT2D eigenvalue weighted by molar-refractivity contribution is -0.384. The third kappa shape index (κ3) is 3.46. The molecule has 3 aromatic rings. The zero-order chi connectivity index (χ0) is 19.7. The quantitative estimate of drug-likeness (QED) is 0.382. The van der Waals surface area contributed by atoms with Gasteiger partial charge in [0.1, 0.15) is 0 Å². The van der Waals surface area contributed by atoms with Crippen LogP contribution in [-0.2, 0) is 6.67 Å². The summed E-state index contributed by atoms with van der Waals surface area (Å²) in [5, 5.41) is 10.7. The van der Waals surface area contributed by atoms with Crippen molar-refractivity contribution in [3.63, 3.8) is 0 Å². The molecule has 0 amide bonds. The van der Waals surface area contributed by atoms with Gasteiger partial charge in [0.05, 0.1) is 17.1 Å². The lowest BCUT2D eigenvalue weighted by Gasteiger charge is -2.26. The Hall–Kier alpha value is -3.26. The molecule has 1 saturated heterocycles. The smallest absolute Gasteiger partial charge is 0.408 e. The Morgan fingerprint density at radius 2 is 1.71 bits per heavy atom. The van der Waals surface area contributed by atoms with Crippen molar-refractivity contribution in [2.75, 3.05) is 13.1 Å². The van der Waals surface area contributed by atoms with Crippen LogP contribution in [0.1, 0.15) is 35.2 Å². The molecule has 1 fully saturated rings. The molecule has 0 spiro atoms. The Labute approximate surface area is 160 Å². The Morgan fingerprint density at radius 3 is 2.39 bits per heavy atom. The summed E-state index contributed by atoms with van der Waals surface area (Å²) in [6.07, 6.45) is 3.46. The van der Waals surface area contributed by atoms with Gasteiger partial charge in [-0.05, 0) is 56.3 Å². The van der Waals surface area contributed by atoms with Crippen LogP contribution in [0, 0.1) is 10.1 Å². The molecular weight excluding hydrogens is 362 g/mol. The van der Waals surface area contributed by atoms with Crippen LogP contribution < -0.4 is 5.76 Å². The van der Waals surface area contributed by atoms with Gasteiger partial charge in [-0.25, -0.2) is 4.79 Å². The standard InChI is InChI=1S/C20H19N3O5/c24-19(14-4-7-16(8-5-14)23(26)27)15-6-9-17-18(12-15)28-20(25)22(17)13-21-10-2-1-3-11-21/h4-9,12H,1-3,10-11,13H2. The Kier molecular flexibility index (Phi) is 4.79. The molecular formula is C20H19N3O5. The lowest BCUT2D eigenvalue weighted by Crippen LogP contribution is -2.34. The predicted molar refractivity (Wildman–Crippen MR) is 102 cm³/mol. The molecule has 8 heteroatoms. The fraction of sp³-hybridized carbons (Fsp3) is 0.300. The van der Waals surface area contributed by atoms with Crippen molar-refractivity contribution in [2.24, 2.45) is 0 Å². The van der Waals surface area contributed by atoms with Crippen molar-refractivity contribution in [3.05, 3.63) is 74.3 Å². The van der Waals surface area contributed by atoms with Crippen LogP contribution in [0.2, 0.25) is 0 Å². The zero-order valence-electron chi connectivity index (χ0n) is 15.2. The molecule has 0 saturated carbocycles. The van der Waals surface area contributed by atoms with Gasteiger partial charge in [0.2, 0.25) is 0 Å². The molecule has 0 atom stereocenters. The number of rotatable bonds is 5. The lowest BCUT2D eigenvalue weighted by atomic mass is 10.0. The topological polar surface area (TPSA) is 98.6 Å². The summed E-state index contributed by atoms with van der Waals surface area (Å²) in [7, 11) is 0. The van der Waals surface area contributed by atoms with E-state index in [2.05, 4.69) is 4.90 Å². The minimum absolute atomic E-state index is 0.0761. The fourth-order valence-corrected chi connectivity index (χ4v) is 3.54. The van der Waals surface area contributed by atoms with Gasteiger partial charge >= 0.3 is 5.76 Å². The molecule has 0 radical (unpaired) electrons. The number of hydrogen-bond donors (Lipinski definition) is 0. The highest BCUT2D eigenvalue weighted by atomic mass is 16.6. The molecule has 0 aliphatic carbocycles. The first-order valence-electron chi connectivity index (χ1n) is 9.18. The van der Waals surface area contributed by atoms with Crippen LogP contribution in [-0.4, -0.2) is 33.3 Å². The van der Waals surface area contributed by atoms with E-state index in [9.17, 15) is 19.7 Å². The van der Waals surface area contributed by atoms with Crippen LogP contribution in [0.5, 0.6) is 0 Å². The molecule has 28 heavy (non-hydrogen) atoms. The molecule has 1 aliphatic heterocycles. The Morgan fingerprint density at radius 1 is 1.04 bits per heavy atom. The average molecular weight is 381 g/mol. The molecule has 144 valence electrons. The van der Waals surface area contributed by atoms with E-state index in [0.717, 1.165) is 25.9 Å². The maximum atomic E-state index is 12.7. The first kappa shape index (κ1) is 18.1. The molecule has 0 bridgehead atoms. The van der Waals surface area contributed by atoms with Gasteiger partial charge in [0.15, 0.2) is 11.4 Å². The first-order valence-corrected chi connectivity index (χ1v) is 9.18. The van der Waals surface area contributed by atoms with E-state index in [1.807, 2.05) is 0 Å². The average Bonchev–Trinajstić information content (AvgIpc) is 3.02. The summed E-state index contributed by atoms with van der Waals surface area (Å²) < 4.78 is 6.94. The third-order valence-electron chi connectivity index (χ3n) is 5.06. The van der Waals surface area contributed by atoms with Gasteiger partial charge in [-0.1, -0.05) is 6.42 Å². The maximum Gasteiger partial charge on any atom is 0.421 e. The largest absolute Gasteiger partial charge is 0.421 e. The number of nitrogens with zero attached hydrogens (tertiary/aromatic N) is 3. The SMILES string of the molecule is O=C(c1ccc([N+](=O)[O-])cc1)c1ccc2c(c1)oc(=O)n2CN1CCCCC1. The molecule has 2 heterocycles. The van der Waals surface area contributed by atoms with Crippen molar-refractivity contribution < 1.29 is 14.1 Å². The number of carbonyl (C=O) groups is 1. The van der Waals surface area contributed by atoms with E-state index in [-0.39, 0.29) is 11.5 Å². The molecule has 1 aliphatic rings. The number of carbonyl (C=O) groups excluding carboxylic acids is 1. The molecule has 0 N–H and O–H groups in total. The van der Waals surface area contributed by atoms with Crippen molar-refractivity contribution in [3.8, 4) is 0 Å². The van der Waals surface area contributed by atoms with Crippen LogP contribution in [0.25, 0.3) is 11.1 Å². The Bertz CT molecular complexity index is 1090. The van der Waals surface area contributed by atoms with E-state index >= 15 is 0 Å². The zero-order valence-corrected chi connectivity index (χ0v) is 15.2. The summed E-state index contributed by atoms with van der Waals surface area (Å²) in [5.41, 5.74) is 1.62. The van der Waals surface area contributed by atoms with Crippen molar-refractivity contribution in [1.82, 2.24) is 9.47 Å². The number of aromatic nitrogens is 1. The molecule has 2 aromatic carbocycles. The minimum atomic E-state index is -0.514. The maximum absolute atomic E-state index is 12.7. The molecule has 8 nitrogen and oxygen atoms in total. The van der Waals surface area contributed by atoms with Gasteiger partial charge in [0.25, 0.3) is 5.69 Å². The molecule has 0 unspecified atom stereocenters. The summed E-state index contributed by atoms with van der Waals surface area (Å²) >= 11 is 0. The summed E-state index contributed by atoms with van der Waals surface area (Å²) in [5.74, 6) is -0.733. The molecule has 1 aromatic heterocycles. The second-order valence-corrected chi connectivity index (χ2v) is 6.93. The van der Waals surface area contributed by atoms with Crippen LogP contribution in [0.3, 0.4) is 0 Å². The van der Waals surface area contributed by atoms with Gasteiger partial charge in [-0.2, -0.15) is 0 Å². The number of hydrogen-bond acceptors (Lipinski definition) is 6. The van der Waals surface area contributed by atoms with Gasteiger partial charge in [-0.3, -0.25) is 24.4 Å². The predicted octanol–water partition coefficient (Wildman–Crippen LogP) is 3.18. The van der Waals surface area contributed by atoms with E-state index in [4.69, 9.17) is 4.42 Å². The highest BCUT2D eigenvalue weighted by Gasteiger charge is 2.18. The van der Waals surface area contributed by atoms with Crippen molar-refractivity contribution in [1.29, 1.82) is 0 Å². The number of likely N-dealkylation sites (tertiary alicyclic amines) is 1. The summed E-state index contributed by atoms with van der Waals surface area (Å²) in [6.45, 7) is 2.38. The van der Waals surface area contributed by atoms with Crippen LogP contribution in [0.15, 0.2) is 51.7 Å². The first-order chi connectivity index (χ1) is 13.5. The normalized spacial score (nSPS) is 15.0. The molecule has 4 rings (SSSR count). The van der Waals surface area contributed by atoms with Gasteiger partial charge in [-0.15, -0.1) is 0 Å². The van der Waals surface area contributed by atoms with Crippen molar-refractivity contribution >= 4 is 22.6 Å². The van der Waals surface area contributed by atoms with Gasteiger partial charge < -0.3 is 4.42 Å². The van der Waals surface area contributed by atoms with Crippen LogP contribution >= 0.6 is 0 Å². The second-order valence-electron chi connectivity index (χ2n) is 6.93. The summed E-state index contributed by atoms with van der Waals surface area (Å²) in [4.78, 5) is 37.4. The van der Waals surface area contributed by atoms with E-state index in [0.29, 0.717) is 28.9 Å². The van der Waals surface area contributed by atoms with E-state index in [1.54, 1.807) is 22.8 Å². The number of oxazole rings is 1. The minimum Gasteiger partial charge on any atom is -0.408 e. The third-order valence-corrected chi connectivity index (χ3v) is 5.06. The highest BCUT2D eigenvalue weighted by Crippen LogP contribution is 2.20. The number of fused-ring (bicyclic) bond motifs is 1. The second kappa shape index (κ2) is 7.40. The summed E-state index contributed by atoms with van der Waals surface area (Å²) in [6, 6.07) is 10.3. The monoisotopic (exact) mass is 381 g/mol. The number of benzene rings is 2. The van der Waals surface area contributed by atoms with Crippen LogP contribution in [0.4, 0.5) is 5.69 Å². The number of non-ortho nitro benzene ring substituents is 1. The fourth-order valence-electron chi connectivity index (χ4n) is 3.54. The van der Waals surface area contributed by atoms with Gasteiger partial charge in [0, 0.05) is 23.3 Å². The Balaban J connectivity index is 1.61. The highest BCUT2D eigenvalue weighted by molar-refractivity contribution is 6.10. The van der Waals surface area contributed by atoms with E-state index < -0.39 is 10.7 Å². The van der Waals surface area contributed by atoms with Crippen molar-refractivity contribution in [2.45, 2.75) is 25.9 Å². The number of ketones is 1. The van der Waals surface area contributed by atoms with E-state index in [1.165, 1.54) is 30.7 Å². The number of piperidine rings is 1.